The van der Waals surface area contributed by atoms with Crippen LogP contribution in [0, 0.1) is 23.2 Å². The van der Waals surface area contributed by atoms with Gasteiger partial charge in [-0.3, -0.25) is 5.10 Å². The van der Waals surface area contributed by atoms with E-state index < -0.39 is 0 Å². The van der Waals surface area contributed by atoms with Crippen molar-refractivity contribution in [2.75, 3.05) is 31.7 Å². The van der Waals surface area contributed by atoms with Gasteiger partial charge in [-0.05, 0) is 36.9 Å². The van der Waals surface area contributed by atoms with Crippen molar-refractivity contribution in [1.82, 2.24) is 30.1 Å². The van der Waals surface area contributed by atoms with Crippen molar-refractivity contribution in [3.63, 3.8) is 0 Å². The minimum absolute atomic E-state index is 0.0724. The lowest BCUT2D eigenvalue weighted by Gasteiger charge is -2.31. The molecule has 1 N–H and O–H groups in total. The van der Waals surface area contributed by atoms with Crippen LogP contribution in [0.5, 0.6) is 11.8 Å². The highest BCUT2D eigenvalue weighted by atomic mass is 35.5. The number of methoxy groups -OCH3 is 1. The molecule has 5 rings (SSSR count). The minimum atomic E-state index is 0.0724. The molecule has 1 saturated heterocycles. The Hall–Kier alpha value is -3.19. The molecule has 2 unspecified atom stereocenters. The molecule has 31 heavy (non-hydrogen) atoms. The number of halogens is 1. The van der Waals surface area contributed by atoms with Crippen molar-refractivity contribution < 1.29 is 9.47 Å². The van der Waals surface area contributed by atoms with Gasteiger partial charge < -0.3 is 14.4 Å². The Morgan fingerprint density at radius 2 is 2.13 bits per heavy atom. The smallest absolute Gasteiger partial charge is 0.322 e. The summed E-state index contributed by atoms with van der Waals surface area (Å²) in [6.07, 6.45) is 4.34. The van der Waals surface area contributed by atoms with E-state index in [4.69, 9.17) is 26.3 Å². The summed E-state index contributed by atoms with van der Waals surface area (Å²) in [5.74, 6) is 1.90. The molecule has 0 radical (unpaired) electrons. The van der Waals surface area contributed by atoms with E-state index in [0.717, 1.165) is 49.2 Å². The van der Waals surface area contributed by atoms with E-state index in [9.17, 15) is 0 Å². The monoisotopic (exact) mass is 440 g/mol. The number of hydrogen-bond donors (Lipinski definition) is 1. The van der Waals surface area contributed by atoms with E-state index in [0.29, 0.717) is 24.1 Å². The van der Waals surface area contributed by atoms with E-state index in [1.165, 1.54) is 0 Å². The number of aromatic nitrogens is 6. The number of nitrogens with one attached hydrogen (secondary N) is 1. The highest BCUT2D eigenvalue weighted by Crippen LogP contribution is 2.38. The number of hydrogen-bond acceptors (Lipinski definition) is 9. The molecule has 160 valence electrons. The quantitative estimate of drug-likeness (QED) is 0.615. The number of H-pyrrole nitrogens is 1. The minimum Gasteiger partial charge on any atom is -0.496 e. The summed E-state index contributed by atoms with van der Waals surface area (Å²) in [5, 5.41) is 17.5. The zero-order chi connectivity index (χ0) is 21.4. The second-order valence-corrected chi connectivity index (χ2v) is 8.18. The third kappa shape index (κ3) is 3.93. The molecule has 1 aliphatic carbocycles. The summed E-state index contributed by atoms with van der Waals surface area (Å²) < 4.78 is 11.2. The van der Waals surface area contributed by atoms with E-state index in [1.54, 1.807) is 13.3 Å². The molecule has 2 aliphatic rings. The second kappa shape index (κ2) is 8.15. The summed E-state index contributed by atoms with van der Waals surface area (Å²) in [6.45, 7) is 1.93. The predicted molar refractivity (Wildman–Crippen MR) is 112 cm³/mol. The van der Waals surface area contributed by atoms with Gasteiger partial charge >= 0.3 is 6.01 Å². The van der Waals surface area contributed by atoms with Gasteiger partial charge in [-0.25, -0.2) is 4.98 Å². The van der Waals surface area contributed by atoms with Gasteiger partial charge in [-0.1, -0.05) is 0 Å². The van der Waals surface area contributed by atoms with Crippen LogP contribution < -0.4 is 14.4 Å². The molecular formula is C20H21ClN8O2. The van der Waals surface area contributed by atoms with Crippen molar-refractivity contribution in [2.24, 2.45) is 11.8 Å². The average molecular weight is 441 g/mol. The average Bonchev–Trinajstić information content (AvgIpc) is 3.44. The van der Waals surface area contributed by atoms with Crippen LogP contribution in [0.25, 0.3) is 11.0 Å². The SMILES string of the molecule is COc1ccnc2n[nH]c(C3CCN(c4nc(Cl)nc(OCC5CC5C#N)n4)CC3)c12. The first-order valence-corrected chi connectivity index (χ1v) is 10.6. The van der Waals surface area contributed by atoms with Crippen molar-refractivity contribution in [3.8, 4) is 17.8 Å². The summed E-state index contributed by atoms with van der Waals surface area (Å²) in [7, 11) is 1.65. The number of fused-ring (bicyclic) bond motifs is 1. The molecule has 1 aliphatic heterocycles. The lowest BCUT2D eigenvalue weighted by molar-refractivity contribution is 0.272. The van der Waals surface area contributed by atoms with Gasteiger partial charge in [0.1, 0.15) is 5.75 Å². The number of pyridine rings is 1. The summed E-state index contributed by atoms with van der Waals surface area (Å²) in [6, 6.07) is 4.30. The van der Waals surface area contributed by atoms with Gasteiger partial charge in [-0.15, -0.1) is 0 Å². The summed E-state index contributed by atoms with van der Waals surface area (Å²) in [5.41, 5.74) is 1.71. The first kappa shape index (κ1) is 19.8. The van der Waals surface area contributed by atoms with Crippen LogP contribution in [0.1, 0.15) is 30.9 Å². The van der Waals surface area contributed by atoms with Crippen LogP contribution in [-0.2, 0) is 0 Å². The molecule has 3 aromatic rings. The Bertz CT molecular complexity index is 1140. The summed E-state index contributed by atoms with van der Waals surface area (Å²) >= 11 is 6.11. The Balaban J connectivity index is 1.27. The molecule has 1 saturated carbocycles. The van der Waals surface area contributed by atoms with Crippen LogP contribution >= 0.6 is 11.6 Å². The third-order valence-electron chi connectivity index (χ3n) is 5.94. The molecule has 2 fully saturated rings. The van der Waals surface area contributed by atoms with Gasteiger partial charge in [0.2, 0.25) is 11.2 Å². The maximum atomic E-state index is 8.92. The first-order valence-electron chi connectivity index (χ1n) is 10.2. The Labute approximate surface area is 183 Å². The molecule has 0 amide bonds. The number of rotatable bonds is 6. The van der Waals surface area contributed by atoms with Gasteiger partial charge in [0.05, 0.1) is 36.8 Å². The molecule has 2 atom stereocenters. The number of nitrogens with zero attached hydrogens (tertiary/aromatic N) is 7. The number of anilines is 1. The highest BCUT2D eigenvalue weighted by molar-refractivity contribution is 6.28. The van der Waals surface area contributed by atoms with Crippen molar-refractivity contribution in [2.45, 2.75) is 25.2 Å². The second-order valence-electron chi connectivity index (χ2n) is 7.84. The Morgan fingerprint density at radius 1 is 1.29 bits per heavy atom. The van der Waals surface area contributed by atoms with Gasteiger partial charge in [0.25, 0.3) is 0 Å². The maximum Gasteiger partial charge on any atom is 0.322 e. The Morgan fingerprint density at radius 3 is 2.87 bits per heavy atom. The maximum absolute atomic E-state index is 8.92. The third-order valence-corrected chi connectivity index (χ3v) is 6.11. The van der Waals surface area contributed by atoms with Crippen LogP contribution in [0.4, 0.5) is 5.95 Å². The number of aromatic amines is 1. The molecule has 0 spiro atoms. The van der Waals surface area contributed by atoms with Crippen LogP contribution in [0.15, 0.2) is 12.3 Å². The molecule has 0 bridgehead atoms. The zero-order valence-corrected chi connectivity index (χ0v) is 17.7. The fraction of sp³-hybridized carbons (Fsp3) is 0.500. The highest BCUT2D eigenvalue weighted by Gasteiger charge is 2.38. The van der Waals surface area contributed by atoms with E-state index in [2.05, 4.69) is 41.1 Å². The normalized spacial score (nSPS) is 21.1. The predicted octanol–water partition coefficient (Wildman–Crippen LogP) is 2.73. The molecule has 3 aromatic heterocycles. The lowest BCUT2D eigenvalue weighted by Crippen LogP contribution is -2.34. The summed E-state index contributed by atoms with van der Waals surface area (Å²) in [4.78, 5) is 19.2. The molecule has 10 nitrogen and oxygen atoms in total. The molecular weight excluding hydrogens is 420 g/mol. The number of nitriles is 1. The largest absolute Gasteiger partial charge is 0.496 e. The standard InChI is InChI=1S/C20H21ClN8O2/c1-30-14-2-5-23-17-15(14)16(27-28-17)11-3-6-29(7-4-11)19-24-18(21)25-20(26-19)31-10-13-8-12(13)9-22/h2,5,11-13H,3-4,6-8,10H2,1H3,(H,23,27,28). The van der Waals surface area contributed by atoms with E-state index in [1.807, 2.05) is 6.07 Å². The molecule has 0 aromatic carbocycles. The Kier molecular flexibility index (Phi) is 5.19. The van der Waals surface area contributed by atoms with Crippen molar-refractivity contribution >= 4 is 28.6 Å². The zero-order valence-electron chi connectivity index (χ0n) is 17.0. The topological polar surface area (TPSA) is 126 Å². The number of ether oxygens (including phenoxy) is 2. The lowest BCUT2D eigenvalue weighted by atomic mass is 9.92. The van der Waals surface area contributed by atoms with Crippen molar-refractivity contribution in [1.29, 1.82) is 5.26 Å². The van der Waals surface area contributed by atoms with Crippen LogP contribution in [-0.4, -0.2) is 56.9 Å². The fourth-order valence-corrected chi connectivity index (χ4v) is 4.22. The van der Waals surface area contributed by atoms with E-state index >= 15 is 0 Å². The molecule has 11 heteroatoms. The van der Waals surface area contributed by atoms with Gasteiger partial charge in [0.15, 0.2) is 5.65 Å². The van der Waals surface area contributed by atoms with Crippen molar-refractivity contribution in [3.05, 3.63) is 23.2 Å². The molecule has 4 heterocycles. The van der Waals surface area contributed by atoms with Gasteiger partial charge in [-0.2, -0.15) is 25.3 Å². The fourth-order valence-electron chi connectivity index (χ4n) is 4.07. The van der Waals surface area contributed by atoms with Crippen LogP contribution in [0.3, 0.4) is 0 Å². The first-order chi connectivity index (χ1) is 15.2. The van der Waals surface area contributed by atoms with Gasteiger partial charge in [0, 0.05) is 31.1 Å². The van der Waals surface area contributed by atoms with Crippen LogP contribution in [0.2, 0.25) is 5.28 Å². The number of piperidine rings is 1. The van der Waals surface area contributed by atoms with E-state index in [-0.39, 0.29) is 23.1 Å².